The number of halogens is 2. The molecule has 3 aromatic rings. The molecule has 8 heteroatoms. The number of amides is 2. The van der Waals surface area contributed by atoms with E-state index in [2.05, 4.69) is 10.2 Å². The maximum atomic E-state index is 14.1. The molecule has 0 saturated carbocycles. The number of likely N-dealkylation sites (tertiary alicyclic amines) is 1. The quantitative estimate of drug-likeness (QED) is 0.407. The molecule has 0 aliphatic carbocycles. The molecule has 2 aliphatic heterocycles. The van der Waals surface area contributed by atoms with Crippen molar-refractivity contribution in [1.82, 2.24) is 9.80 Å². The minimum Gasteiger partial charge on any atom is -0.438 e. The third kappa shape index (κ3) is 5.96. The van der Waals surface area contributed by atoms with Gasteiger partial charge in [0.25, 0.3) is 0 Å². The summed E-state index contributed by atoms with van der Waals surface area (Å²) in [5.41, 5.74) is 3.37. The number of nitrogens with zero attached hydrogens (tertiary/aromatic N) is 2. The highest BCUT2D eigenvalue weighted by Crippen LogP contribution is 2.44. The number of ether oxygens (including phenoxy) is 1. The second-order valence-corrected chi connectivity index (χ2v) is 10.6. The van der Waals surface area contributed by atoms with Crippen LogP contribution >= 0.6 is 0 Å². The van der Waals surface area contributed by atoms with Crippen LogP contribution in [0.25, 0.3) is 0 Å². The first-order chi connectivity index (χ1) is 18.7. The van der Waals surface area contributed by atoms with Gasteiger partial charge in [0.15, 0.2) is 0 Å². The summed E-state index contributed by atoms with van der Waals surface area (Å²) in [6.45, 7) is 4.42. The summed E-state index contributed by atoms with van der Waals surface area (Å²) in [5, 5.41) is 2.66. The lowest BCUT2D eigenvalue weighted by atomic mass is 9.82. The fourth-order valence-electron chi connectivity index (χ4n) is 5.63. The van der Waals surface area contributed by atoms with Crippen molar-refractivity contribution in [3.63, 3.8) is 0 Å². The molecule has 1 fully saturated rings. The molecule has 204 valence electrons. The second kappa shape index (κ2) is 11.1. The van der Waals surface area contributed by atoms with Crippen LogP contribution in [0.2, 0.25) is 0 Å². The van der Waals surface area contributed by atoms with Gasteiger partial charge in [-0.15, -0.1) is 0 Å². The van der Waals surface area contributed by atoms with Crippen molar-refractivity contribution in [3.05, 3.63) is 101 Å². The Morgan fingerprint density at radius 1 is 1.03 bits per heavy atom. The predicted octanol–water partition coefficient (Wildman–Crippen LogP) is 5.96. The van der Waals surface area contributed by atoms with E-state index in [4.69, 9.17) is 4.74 Å². The Kier molecular flexibility index (Phi) is 7.66. The van der Waals surface area contributed by atoms with Gasteiger partial charge in [-0.05, 0) is 61.3 Å². The number of hydrogen-bond donors (Lipinski definition) is 1. The lowest BCUT2D eigenvalue weighted by Gasteiger charge is -2.44. The monoisotopic (exact) mass is 533 g/mol. The van der Waals surface area contributed by atoms with Crippen molar-refractivity contribution in [1.29, 1.82) is 0 Å². The first-order valence-electron chi connectivity index (χ1n) is 13.3. The number of likely N-dealkylation sites (N-methyl/N-ethyl adjacent to an activating group) is 1. The van der Waals surface area contributed by atoms with Gasteiger partial charge >= 0.3 is 6.09 Å². The molecule has 2 aliphatic rings. The minimum absolute atomic E-state index is 0.0210. The van der Waals surface area contributed by atoms with E-state index in [9.17, 15) is 18.4 Å². The summed E-state index contributed by atoms with van der Waals surface area (Å²) in [6.07, 6.45) is 1.09. The van der Waals surface area contributed by atoms with Gasteiger partial charge in [-0.3, -0.25) is 10.1 Å². The molecule has 1 atom stereocenters. The van der Waals surface area contributed by atoms with Crippen LogP contribution in [0.15, 0.2) is 66.7 Å². The van der Waals surface area contributed by atoms with E-state index in [0.29, 0.717) is 56.7 Å². The highest BCUT2D eigenvalue weighted by molar-refractivity contribution is 5.89. The Morgan fingerprint density at radius 2 is 1.69 bits per heavy atom. The summed E-state index contributed by atoms with van der Waals surface area (Å²) < 4.78 is 33.5. The molecule has 6 nitrogen and oxygen atoms in total. The summed E-state index contributed by atoms with van der Waals surface area (Å²) in [4.78, 5) is 29.8. The van der Waals surface area contributed by atoms with Crippen LogP contribution in [0.5, 0.6) is 0 Å². The molecule has 1 spiro atoms. The molecule has 1 unspecified atom stereocenters. The zero-order chi connectivity index (χ0) is 27.6. The third-order valence-corrected chi connectivity index (χ3v) is 7.88. The number of anilines is 1. The van der Waals surface area contributed by atoms with Crippen LogP contribution in [0.4, 0.5) is 19.3 Å². The van der Waals surface area contributed by atoms with Crippen LogP contribution in [0.1, 0.15) is 47.4 Å². The Morgan fingerprint density at radius 3 is 2.38 bits per heavy atom. The zero-order valence-electron chi connectivity index (χ0n) is 22.3. The summed E-state index contributed by atoms with van der Waals surface area (Å²) in [6, 6.07) is 18.6. The number of benzene rings is 3. The standard InChI is InChI=1S/C31H33F2N3O3/c1-21-3-5-22(6-4-21)20-35(2)29(37)26(23-7-9-24(32)10-8-23)13-16-36-17-14-31(15-18-36)27-19-25(33)11-12-28(27)34-30(38)39-31/h3-12,19,26H,13-18,20H2,1-2H3,(H,34,38). The highest BCUT2D eigenvalue weighted by Gasteiger charge is 2.44. The van der Waals surface area contributed by atoms with Crippen LogP contribution in [-0.2, 0) is 21.7 Å². The SMILES string of the molecule is Cc1ccc(CN(C)C(=O)C(CCN2CCC3(CC2)OC(=O)Nc2ccc(F)cc23)c2ccc(F)cc2)cc1. The number of carbonyl (C=O) groups is 2. The maximum absolute atomic E-state index is 14.1. The zero-order valence-corrected chi connectivity index (χ0v) is 22.3. The van der Waals surface area contributed by atoms with Gasteiger partial charge in [-0.25, -0.2) is 13.6 Å². The number of aryl methyl sites for hydroxylation is 1. The number of carbonyl (C=O) groups excluding carboxylic acids is 2. The number of piperidine rings is 1. The van der Waals surface area contributed by atoms with Crippen molar-refractivity contribution >= 4 is 17.7 Å². The largest absolute Gasteiger partial charge is 0.438 e. The van der Waals surface area contributed by atoms with E-state index in [1.807, 2.05) is 31.2 Å². The van der Waals surface area contributed by atoms with E-state index >= 15 is 0 Å². The summed E-state index contributed by atoms with van der Waals surface area (Å²) in [7, 11) is 1.80. The van der Waals surface area contributed by atoms with E-state index in [0.717, 1.165) is 16.7 Å². The van der Waals surface area contributed by atoms with E-state index in [-0.39, 0.29) is 17.5 Å². The van der Waals surface area contributed by atoms with Crippen LogP contribution in [0.3, 0.4) is 0 Å². The second-order valence-electron chi connectivity index (χ2n) is 10.6. The topological polar surface area (TPSA) is 61.9 Å². The average molecular weight is 534 g/mol. The Labute approximate surface area is 227 Å². The Hall–Kier alpha value is -3.78. The van der Waals surface area contributed by atoms with Crippen molar-refractivity contribution in [2.45, 2.75) is 44.2 Å². The first-order valence-corrected chi connectivity index (χ1v) is 13.3. The molecule has 3 aromatic carbocycles. The Balaban J connectivity index is 1.27. The number of rotatable bonds is 7. The molecular formula is C31H33F2N3O3. The fraction of sp³-hybridized carbons (Fsp3) is 0.355. The van der Waals surface area contributed by atoms with Crippen molar-refractivity contribution < 1.29 is 23.1 Å². The molecule has 0 radical (unpaired) electrons. The molecule has 39 heavy (non-hydrogen) atoms. The van der Waals surface area contributed by atoms with Gasteiger partial charge in [0.1, 0.15) is 17.2 Å². The number of nitrogens with one attached hydrogen (secondary N) is 1. The maximum Gasteiger partial charge on any atom is 0.412 e. The predicted molar refractivity (Wildman–Crippen MR) is 145 cm³/mol. The van der Waals surface area contributed by atoms with Crippen LogP contribution < -0.4 is 5.32 Å². The van der Waals surface area contributed by atoms with Gasteiger partial charge in [-0.1, -0.05) is 42.0 Å². The van der Waals surface area contributed by atoms with E-state index in [1.165, 1.54) is 24.3 Å². The number of fused-ring (bicyclic) bond motifs is 2. The van der Waals surface area contributed by atoms with Gasteiger partial charge in [0.05, 0.1) is 11.6 Å². The van der Waals surface area contributed by atoms with Crippen LogP contribution in [-0.4, -0.2) is 48.5 Å². The fourth-order valence-corrected chi connectivity index (χ4v) is 5.63. The summed E-state index contributed by atoms with van der Waals surface area (Å²) in [5.74, 6) is -1.16. The lowest BCUT2D eigenvalue weighted by Crippen LogP contribution is -2.48. The molecule has 2 heterocycles. The van der Waals surface area contributed by atoms with Crippen molar-refractivity contribution in [2.75, 3.05) is 32.0 Å². The normalized spacial score (nSPS) is 17.2. The van der Waals surface area contributed by atoms with Crippen molar-refractivity contribution in [3.8, 4) is 0 Å². The third-order valence-electron chi connectivity index (χ3n) is 7.88. The first kappa shape index (κ1) is 26.8. The molecule has 0 aromatic heterocycles. The lowest BCUT2D eigenvalue weighted by molar-refractivity contribution is -0.132. The summed E-state index contributed by atoms with van der Waals surface area (Å²) >= 11 is 0. The molecule has 1 N–H and O–H groups in total. The molecular weight excluding hydrogens is 500 g/mol. The van der Waals surface area contributed by atoms with E-state index in [1.54, 1.807) is 30.1 Å². The van der Waals surface area contributed by atoms with Gasteiger partial charge < -0.3 is 14.5 Å². The van der Waals surface area contributed by atoms with Gasteiger partial charge in [0.2, 0.25) is 5.91 Å². The van der Waals surface area contributed by atoms with E-state index < -0.39 is 17.6 Å². The molecule has 1 saturated heterocycles. The van der Waals surface area contributed by atoms with Gasteiger partial charge in [0, 0.05) is 45.1 Å². The number of hydrogen-bond acceptors (Lipinski definition) is 4. The van der Waals surface area contributed by atoms with Gasteiger partial charge in [-0.2, -0.15) is 0 Å². The molecule has 2 amide bonds. The average Bonchev–Trinajstić information content (AvgIpc) is 2.92. The highest BCUT2D eigenvalue weighted by atomic mass is 19.1. The van der Waals surface area contributed by atoms with Crippen LogP contribution in [0, 0.1) is 18.6 Å². The smallest absolute Gasteiger partial charge is 0.412 e. The minimum atomic E-state index is -0.864. The Bertz CT molecular complexity index is 1340. The molecule has 5 rings (SSSR count). The molecule has 0 bridgehead atoms. The van der Waals surface area contributed by atoms with Crippen molar-refractivity contribution in [2.24, 2.45) is 0 Å².